The maximum atomic E-state index is 10.8. The van der Waals surface area contributed by atoms with E-state index in [4.69, 9.17) is 10.6 Å². The second-order valence-corrected chi connectivity index (χ2v) is 3.96. The molecule has 1 unspecified atom stereocenters. The normalized spacial score (nSPS) is 12.0. The lowest BCUT2D eigenvalue weighted by Crippen LogP contribution is -2.32. The van der Waals surface area contributed by atoms with Crippen LogP contribution < -0.4 is 16.2 Å². The van der Waals surface area contributed by atoms with Crippen molar-refractivity contribution in [3.8, 4) is 0 Å². The molecule has 0 fully saturated rings. The van der Waals surface area contributed by atoms with Crippen molar-refractivity contribution in [2.24, 2.45) is 5.84 Å². The summed E-state index contributed by atoms with van der Waals surface area (Å²) >= 11 is 0. The molecule has 19 heavy (non-hydrogen) atoms. The van der Waals surface area contributed by atoms with Crippen molar-refractivity contribution in [3.63, 3.8) is 0 Å². The smallest absolute Gasteiger partial charge is 0.276 e. The standard InChI is InChI=1S/C10H17N5O4/c1-14(5-8(16)6-19-2)10-4-7(15(17)18)3-9(12-10)13-11/h3-4,8,16H,5-6,11H2,1-2H3,(H,12,13). The molecule has 0 spiro atoms. The molecule has 1 heterocycles. The fourth-order valence-corrected chi connectivity index (χ4v) is 1.53. The molecule has 9 nitrogen and oxygen atoms in total. The molecule has 0 bridgehead atoms. The topological polar surface area (TPSA) is 127 Å². The van der Waals surface area contributed by atoms with E-state index in [9.17, 15) is 15.2 Å². The third kappa shape index (κ3) is 4.32. The van der Waals surface area contributed by atoms with Gasteiger partial charge in [-0.25, -0.2) is 10.8 Å². The highest BCUT2D eigenvalue weighted by molar-refractivity contribution is 5.55. The average molecular weight is 271 g/mol. The number of hydrazine groups is 1. The second-order valence-electron chi connectivity index (χ2n) is 3.96. The number of nitrogens with zero attached hydrogens (tertiary/aromatic N) is 3. The van der Waals surface area contributed by atoms with Crippen LogP contribution in [0.2, 0.25) is 0 Å². The van der Waals surface area contributed by atoms with Crippen LogP contribution in [-0.2, 0) is 4.74 Å². The van der Waals surface area contributed by atoms with Gasteiger partial charge >= 0.3 is 0 Å². The number of hydrogen-bond acceptors (Lipinski definition) is 8. The number of aliphatic hydroxyl groups is 1. The number of hydrogen-bond donors (Lipinski definition) is 3. The molecule has 0 aliphatic rings. The van der Waals surface area contributed by atoms with Crippen LogP contribution in [0.15, 0.2) is 12.1 Å². The molecule has 1 atom stereocenters. The van der Waals surface area contributed by atoms with Crippen LogP contribution in [0, 0.1) is 10.1 Å². The molecule has 9 heteroatoms. The van der Waals surface area contributed by atoms with Crippen LogP contribution >= 0.6 is 0 Å². The highest BCUT2D eigenvalue weighted by Crippen LogP contribution is 2.22. The highest BCUT2D eigenvalue weighted by Gasteiger charge is 2.15. The van der Waals surface area contributed by atoms with E-state index in [2.05, 4.69) is 10.4 Å². The van der Waals surface area contributed by atoms with Gasteiger partial charge in [-0.2, -0.15) is 0 Å². The number of rotatable bonds is 7. The number of methoxy groups -OCH3 is 1. The number of nitrogen functional groups attached to an aromatic ring is 1. The number of likely N-dealkylation sites (N-methyl/N-ethyl adjacent to an activating group) is 1. The minimum atomic E-state index is -0.717. The first-order valence-corrected chi connectivity index (χ1v) is 5.49. The number of aliphatic hydroxyl groups excluding tert-OH is 1. The monoisotopic (exact) mass is 271 g/mol. The van der Waals surface area contributed by atoms with Crippen molar-refractivity contribution < 1.29 is 14.8 Å². The highest BCUT2D eigenvalue weighted by atomic mass is 16.6. The lowest BCUT2D eigenvalue weighted by molar-refractivity contribution is -0.384. The minimum absolute atomic E-state index is 0.133. The van der Waals surface area contributed by atoms with Crippen LogP contribution in [-0.4, -0.2) is 48.4 Å². The number of nitro groups is 1. The number of nitrogens with one attached hydrogen (secondary N) is 1. The zero-order valence-corrected chi connectivity index (χ0v) is 10.7. The summed E-state index contributed by atoms with van der Waals surface area (Å²) in [6.45, 7) is 0.396. The molecule has 0 radical (unpaired) electrons. The predicted molar refractivity (Wildman–Crippen MR) is 69.9 cm³/mol. The van der Waals surface area contributed by atoms with Crippen molar-refractivity contribution in [1.29, 1.82) is 0 Å². The first kappa shape index (κ1) is 15.1. The maximum Gasteiger partial charge on any atom is 0.276 e. The van der Waals surface area contributed by atoms with Crippen molar-refractivity contribution in [1.82, 2.24) is 4.98 Å². The quantitative estimate of drug-likeness (QED) is 0.351. The molecule has 0 aromatic carbocycles. The largest absolute Gasteiger partial charge is 0.389 e. The summed E-state index contributed by atoms with van der Waals surface area (Å²) in [6, 6.07) is 2.53. The van der Waals surface area contributed by atoms with Gasteiger partial charge in [0.25, 0.3) is 5.69 Å². The number of nitrogens with two attached hydrogens (primary N) is 1. The van der Waals surface area contributed by atoms with Gasteiger partial charge in [0.15, 0.2) is 0 Å². The van der Waals surface area contributed by atoms with Gasteiger partial charge in [0.2, 0.25) is 0 Å². The van der Waals surface area contributed by atoms with E-state index < -0.39 is 11.0 Å². The predicted octanol–water partition coefficient (Wildman–Crippen LogP) is -0.281. The zero-order chi connectivity index (χ0) is 14.4. The minimum Gasteiger partial charge on any atom is -0.389 e. The molecule has 0 amide bonds. The number of pyridine rings is 1. The summed E-state index contributed by atoms with van der Waals surface area (Å²) in [5.74, 6) is 5.72. The lowest BCUT2D eigenvalue weighted by atomic mass is 10.3. The Kier molecular flexibility index (Phi) is 5.42. The van der Waals surface area contributed by atoms with Crippen LogP contribution in [0.5, 0.6) is 0 Å². The molecule has 0 saturated heterocycles. The van der Waals surface area contributed by atoms with Gasteiger partial charge in [0.1, 0.15) is 11.6 Å². The fraction of sp³-hybridized carbons (Fsp3) is 0.500. The van der Waals surface area contributed by atoms with Gasteiger partial charge in [-0.1, -0.05) is 0 Å². The molecule has 0 saturated carbocycles. The van der Waals surface area contributed by atoms with Crippen molar-refractivity contribution >= 4 is 17.3 Å². The van der Waals surface area contributed by atoms with Crippen molar-refractivity contribution in [3.05, 3.63) is 22.2 Å². The Morgan fingerprint density at radius 1 is 1.68 bits per heavy atom. The average Bonchev–Trinajstić information content (AvgIpc) is 2.38. The Balaban J connectivity index is 2.92. The van der Waals surface area contributed by atoms with Crippen LogP contribution in [0.3, 0.4) is 0 Å². The second kappa shape index (κ2) is 6.83. The summed E-state index contributed by atoms with van der Waals surface area (Å²) in [5, 5.41) is 20.4. The van der Waals surface area contributed by atoms with Crippen LogP contribution in [0.4, 0.5) is 17.3 Å². The summed E-state index contributed by atoms with van der Waals surface area (Å²) < 4.78 is 4.81. The van der Waals surface area contributed by atoms with Gasteiger partial charge in [-0.3, -0.25) is 10.1 Å². The van der Waals surface area contributed by atoms with Gasteiger partial charge in [0.05, 0.1) is 29.8 Å². The Morgan fingerprint density at radius 3 is 2.89 bits per heavy atom. The van der Waals surface area contributed by atoms with Gasteiger partial charge in [0, 0.05) is 20.7 Å². The van der Waals surface area contributed by atoms with Crippen molar-refractivity contribution in [2.75, 3.05) is 37.6 Å². The molecule has 4 N–H and O–H groups in total. The van der Waals surface area contributed by atoms with E-state index in [0.29, 0.717) is 5.82 Å². The molecule has 1 aromatic rings. The number of ether oxygens (including phenoxy) is 1. The van der Waals surface area contributed by atoms with Gasteiger partial charge in [-0.15, -0.1) is 0 Å². The van der Waals surface area contributed by atoms with Crippen molar-refractivity contribution in [2.45, 2.75) is 6.10 Å². The maximum absolute atomic E-state index is 10.8. The number of anilines is 2. The Morgan fingerprint density at radius 2 is 2.37 bits per heavy atom. The van der Waals surface area contributed by atoms with Gasteiger partial charge < -0.3 is 20.2 Å². The first-order valence-electron chi connectivity index (χ1n) is 5.49. The summed E-state index contributed by atoms with van der Waals surface area (Å²) in [7, 11) is 3.14. The molecule has 1 rings (SSSR count). The Hall–Kier alpha value is -1.97. The van der Waals surface area contributed by atoms with E-state index >= 15 is 0 Å². The molecular weight excluding hydrogens is 254 g/mol. The Bertz CT molecular complexity index is 442. The number of aromatic nitrogens is 1. The van der Waals surface area contributed by atoms with Crippen LogP contribution in [0.25, 0.3) is 0 Å². The zero-order valence-electron chi connectivity index (χ0n) is 10.7. The van der Waals surface area contributed by atoms with E-state index in [0.717, 1.165) is 0 Å². The van der Waals surface area contributed by atoms with Gasteiger partial charge in [-0.05, 0) is 0 Å². The molecule has 0 aliphatic heterocycles. The molecule has 0 aliphatic carbocycles. The van der Waals surface area contributed by atoms with E-state index in [1.165, 1.54) is 19.2 Å². The summed E-state index contributed by atoms with van der Waals surface area (Å²) in [5.41, 5.74) is 2.13. The lowest BCUT2D eigenvalue weighted by Gasteiger charge is -2.21. The molecular formula is C10H17N5O4. The summed E-state index contributed by atoms with van der Waals surface area (Å²) in [6.07, 6.45) is -0.717. The SMILES string of the molecule is COCC(O)CN(C)c1cc([N+](=O)[O-])cc(NN)n1. The third-order valence-electron chi connectivity index (χ3n) is 2.39. The summed E-state index contributed by atoms with van der Waals surface area (Å²) in [4.78, 5) is 15.9. The van der Waals surface area contributed by atoms with E-state index in [1.807, 2.05) is 0 Å². The first-order chi connectivity index (χ1) is 8.97. The van der Waals surface area contributed by atoms with Crippen LogP contribution in [0.1, 0.15) is 0 Å². The third-order valence-corrected chi connectivity index (χ3v) is 2.39. The molecule has 106 valence electrons. The molecule has 1 aromatic heterocycles. The van der Waals surface area contributed by atoms with E-state index in [1.54, 1.807) is 11.9 Å². The van der Waals surface area contributed by atoms with E-state index in [-0.39, 0.29) is 24.7 Å². The Labute approximate surface area is 110 Å². The fourth-order valence-electron chi connectivity index (χ4n) is 1.53.